The van der Waals surface area contributed by atoms with Gasteiger partial charge in [0.05, 0.1) is 5.41 Å². The van der Waals surface area contributed by atoms with Crippen LogP contribution in [0.4, 0.5) is 0 Å². The molecule has 2 unspecified atom stereocenters. The van der Waals surface area contributed by atoms with Gasteiger partial charge in [0.25, 0.3) is 0 Å². The van der Waals surface area contributed by atoms with Crippen LogP contribution in [0.15, 0.2) is 24.3 Å². The Bertz CT molecular complexity index is 632. The summed E-state index contributed by atoms with van der Waals surface area (Å²) < 4.78 is 0. The van der Waals surface area contributed by atoms with Gasteiger partial charge in [0, 0.05) is 19.0 Å². The number of fused-ring (bicyclic) bond motifs is 2. The minimum atomic E-state index is -0.601. The van der Waals surface area contributed by atoms with Crippen molar-refractivity contribution in [3.8, 4) is 0 Å². The van der Waals surface area contributed by atoms with E-state index in [1.807, 2.05) is 32.3 Å². The predicted octanol–water partition coefficient (Wildman–Crippen LogP) is 2.78. The minimum Gasteiger partial charge on any atom is -0.305 e. The highest BCUT2D eigenvalue weighted by atomic mass is 35.5. The lowest BCUT2D eigenvalue weighted by Crippen LogP contribution is -2.46. The second-order valence-corrected chi connectivity index (χ2v) is 7.10. The van der Waals surface area contributed by atoms with Crippen LogP contribution >= 0.6 is 12.4 Å². The van der Waals surface area contributed by atoms with Gasteiger partial charge in [-0.1, -0.05) is 31.2 Å². The number of carbonyl (C=O) groups excluding carboxylic acids is 2. The summed E-state index contributed by atoms with van der Waals surface area (Å²) in [5.74, 6) is 0.0157. The molecule has 4 nitrogen and oxygen atoms in total. The van der Waals surface area contributed by atoms with Crippen LogP contribution in [0.1, 0.15) is 43.7 Å². The number of hydrogen-bond acceptors (Lipinski definition) is 3. The lowest BCUT2D eigenvalue weighted by molar-refractivity contribution is -0.141. The van der Waals surface area contributed by atoms with Crippen molar-refractivity contribution in [3.05, 3.63) is 35.4 Å². The summed E-state index contributed by atoms with van der Waals surface area (Å²) in [5, 5.41) is 0. The minimum absolute atomic E-state index is 0. The Labute approximate surface area is 150 Å². The summed E-state index contributed by atoms with van der Waals surface area (Å²) in [5.41, 5.74) is 1.72. The molecule has 1 fully saturated rings. The second kappa shape index (κ2) is 7.24. The zero-order valence-electron chi connectivity index (χ0n) is 14.7. The molecule has 0 saturated carbocycles. The zero-order valence-corrected chi connectivity index (χ0v) is 15.6. The van der Waals surface area contributed by atoms with Crippen LogP contribution in [0.25, 0.3) is 0 Å². The van der Waals surface area contributed by atoms with Crippen molar-refractivity contribution < 1.29 is 9.59 Å². The Hall–Kier alpha value is -1.39. The van der Waals surface area contributed by atoms with Gasteiger partial charge in [0.2, 0.25) is 11.8 Å². The first-order valence-corrected chi connectivity index (χ1v) is 8.59. The average Bonchev–Trinajstić information content (AvgIpc) is 2.77. The molecule has 3 rings (SSSR count). The molecule has 1 heterocycles. The molecular weight excluding hydrogens is 324 g/mol. The fourth-order valence-corrected chi connectivity index (χ4v) is 4.18. The van der Waals surface area contributed by atoms with E-state index >= 15 is 0 Å². The fraction of sp³-hybridized carbons (Fsp3) is 0.579. The normalized spacial score (nSPS) is 24.2. The molecule has 0 aromatic heterocycles. The smallest absolute Gasteiger partial charge is 0.240 e. The molecule has 2 aliphatic rings. The van der Waals surface area contributed by atoms with Crippen molar-refractivity contribution in [2.24, 2.45) is 0 Å². The van der Waals surface area contributed by atoms with E-state index in [1.165, 1.54) is 10.5 Å². The molecule has 24 heavy (non-hydrogen) atoms. The van der Waals surface area contributed by atoms with Crippen molar-refractivity contribution in [2.45, 2.75) is 50.5 Å². The number of imide groups is 1. The molecule has 0 radical (unpaired) electrons. The molecule has 2 atom stereocenters. The molecule has 1 aromatic carbocycles. The van der Waals surface area contributed by atoms with E-state index in [9.17, 15) is 9.59 Å². The van der Waals surface area contributed by atoms with Gasteiger partial charge in [0.1, 0.15) is 0 Å². The summed E-state index contributed by atoms with van der Waals surface area (Å²) >= 11 is 0. The summed E-state index contributed by atoms with van der Waals surface area (Å²) in [4.78, 5) is 29.5. The predicted molar refractivity (Wildman–Crippen MR) is 97.4 cm³/mol. The number of hydrogen-bond donors (Lipinski definition) is 0. The van der Waals surface area contributed by atoms with Gasteiger partial charge in [0.15, 0.2) is 0 Å². The van der Waals surface area contributed by atoms with Gasteiger partial charge in [-0.25, -0.2) is 0 Å². The highest BCUT2D eigenvalue weighted by Gasteiger charge is 2.54. The van der Waals surface area contributed by atoms with Gasteiger partial charge in [-0.15, -0.1) is 12.4 Å². The van der Waals surface area contributed by atoms with Crippen LogP contribution in [0.2, 0.25) is 0 Å². The van der Waals surface area contributed by atoms with Crippen LogP contribution in [0.5, 0.6) is 0 Å². The van der Waals surface area contributed by atoms with Gasteiger partial charge < -0.3 is 4.90 Å². The quantitative estimate of drug-likeness (QED) is 0.784. The first-order valence-electron chi connectivity index (χ1n) is 8.59. The maximum absolute atomic E-state index is 13.2. The molecular formula is C19H27ClN2O2. The van der Waals surface area contributed by atoms with E-state index in [0.717, 1.165) is 31.2 Å². The second-order valence-electron chi connectivity index (χ2n) is 7.10. The highest BCUT2D eigenvalue weighted by molar-refractivity contribution is 6.09. The largest absolute Gasteiger partial charge is 0.305 e. The molecule has 0 N–H and O–H groups in total. The number of halogens is 1. The molecule has 1 aliphatic heterocycles. The highest BCUT2D eigenvalue weighted by Crippen LogP contribution is 2.45. The van der Waals surface area contributed by atoms with E-state index in [1.54, 1.807) is 0 Å². The van der Waals surface area contributed by atoms with E-state index in [2.05, 4.69) is 17.9 Å². The lowest BCUT2D eigenvalue weighted by Gasteiger charge is -2.34. The standard InChI is InChI=1S/C19H26N2O2.ClH/c1-4-15(20(2)3)13-21-17(22)12-19(18(21)23)11-7-9-14-8-5-6-10-16(14)19;/h5-6,8,10,15H,4,7,9,11-13H2,1-3H3;1H. The summed E-state index contributed by atoms with van der Waals surface area (Å²) in [6.45, 7) is 2.60. The number of likely N-dealkylation sites (tertiary alicyclic amines) is 1. The molecule has 5 heteroatoms. The molecule has 2 amide bonds. The van der Waals surface area contributed by atoms with Crippen LogP contribution in [-0.2, 0) is 21.4 Å². The maximum Gasteiger partial charge on any atom is 0.240 e. The van der Waals surface area contributed by atoms with E-state index < -0.39 is 5.41 Å². The van der Waals surface area contributed by atoms with Crippen LogP contribution in [-0.4, -0.2) is 48.3 Å². The van der Waals surface area contributed by atoms with Crippen molar-refractivity contribution in [2.75, 3.05) is 20.6 Å². The van der Waals surface area contributed by atoms with E-state index in [0.29, 0.717) is 13.0 Å². The zero-order chi connectivity index (χ0) is 16.6. The third-order valence-corrected chi connectivity index (χ3v) is 5.59. The SMILES string of the molecule is CCC(CN1C(=O)CC2(CCCc3ccccc32)C1=O)N(C)C.Cl. The molecule has 132 valence electrons. The third-order valence-electron chi connectivity index (χ3n) is 5.59. The van der Waals surface area contributed by atoms with Crippen LogP contribution in [0.3, 0.4) is 0 Å². The number of likely N-dealkylation sites (N-methyl/N-ethyl adjacent to an activating group) is 1. The third kappa shape index (κ3) is 2.98. The first-order chi connectivity index (χ1) is 11.0. The Kier molecular flexibility index (Phi) is 5.71. The number of nitrogens with zero attached hydrogens (tertiary/aromatic N) is 2. The van der Waals surface area contributed by atoms with Gasteiger partial charge in [-0.2, -0.15) is 0 Å². The first kappa shape index (κ1) is 18.9. The molecule has 0 bridgehead atoms. The summed E-state index contributed by atoms with van der Waals surface area (Å²) in [7, 11) is 4.01. The van der Waals surface area contributed by atoms with E-state index in [-0.39, 0.29) is 30.3 Å². The van der Waals surface area contributed by atoms with Gasteiger partial charge in [-0.3, -0.25) is 14.5 Å². The number of carbonyl (C=O) groups is 2. The van der Waals surface area contributed by atoms with Crippen molar-refractivity contribution >= 4 is 24.2 Å². The van der Waals surface area contributed by atoms with Crippen LogP contribution < -0.4 is 0 Å². The molecule has 1 saturated heterocycles. The fourth-order valence-electron chi connectivity index (χ4n) is 4.18. The topological polar surface area (TPSA) is 40.6 Å². The van der Waals surface area contributed by atoms with Crippen LogP contribution in [0, 0.1) is 0 Å². The van der Waals surface area contributed by atoms with Gasteiger partial charge in [-0.05, 0) is 50.9 Å². The number of benzene rings is 1. The monoisotopic (exact) mass is 350 g/mol. The Balaban J connectivity index is 0.00000208. The average molecular weight is 351 g/mol. The number of rotatable bonds is 4. The number of amides is 2. The van der Waals surface area contributed by atoms with Crippen molar-refractivity contribution in [1.29, 1.82) is 0 Å². The summed E-state index contributed by atoms with van der Waals surface area (Å²) in [6, 6.07) is 8.38. The Morgan fingerprint density at radius 2 is 1.96 bits per heavy atom. The van der Waals surface area contributed by atoms with Gasteiger partial charge >= 0.3 is 0 Å². The van der Waals surface area contributed by atoms with Crippen molar-refractivity contribution in [3.63, 3.8) is 0 Å². The lowest BCUT2D eigenvalue weighted by atomic mass is 9.69. The van der Waals surface area contributed by atoms with E-state index in [4.69, 9.17) is 0 Å². The number of aryl methyl sites for hydroxylation is 1. The molecule has 1 spiro atoms. The Morgan fingerprint density at radius 3 is 2.62 bits per heavy atom. The summed E-state index contributed by atoms with van der Waals surface area (Å²) in [6.07, 6.45) is 4.05. The molecule has 1 aliphatic carbocycles. The van der Waals surface area contributed by atoms with Crippen molar-refractivity contribution in [1.82, 2.24) is 9.80 Å². The maximum atomic E-state index is 13.2. The Morgan fingerprint density at radius 1 is 1.25 bits per heavy atom. The molecule has 1 aromatic rings.